The lowest BCUT2D eigenvalue weighted by molar-refractivity contribution is 0.241. The van der Waals surface area contributed by atoms with Crippen molar-refractivity contribution in [3.8, 4) is 0 Å². The fourth-order valence-corrected chi connectivity index (χ4v) is 2.96. The van der Waals surface area contributed by atoms with Crippen LogP contribution in [0.25, 0.3) is 0 Å². The minimum atomic E-state index is -0.142. The molecule has 0 unspecified atom stereocenters. The molecule has 110 valence electrons. The highest BCUT2D eigenvalue weighted by Crippen LogP contribution is 2.38. The van der Waals surface area contributed by atoms with Crippen molar-refractivity contribution in [3.05, 3.63) is 29.8 Å². The van der Waals surface area contributed by atoms with Gasteiger partial charge in [-0.2, -0.15) is 0 Å². The van der Waals surface area contributed by atoms with E-state index in [1.54, 1.807) is 0 Å². The minimum Gasteiger partial charge on any atom is -0.338 e. The molecule has 2 amide bonds. The molecule has 1 heterocycles. The maximum atomic E-state index is 12.5. The summed E-state index contributed by atoms with van der Waals surface area (Å²) in [5, 5.41) is 3.07. The number of hydrogen-bond donors (Lipinski definition) is 1. The second kappa shape index (κ2) is 6.29. The number of amides is 2. The van der Waals surface area contributed by atoms with Crippen molar-refractivity contribution >= 4 is 11.7 Å². The summed E-state index contributed by atoms with van der Waals surface area (Å²) in [6, 6.07) is 8.24. The first-order valence-corrected chi connectivity index (χ1v) is 7.72. The third-order valence-electron chi connectivity index (χ3n) is 3.97. The molecule has 0 aliphatic carbocycles. The molecule has 2 rings (SSSR count). The molecule has 1 aromatic rings. The second-order valence-corrected chi connectivity index (χ2v) is 6.25. The molecule has 0 bridgehead atoms. The van der Waals surface area contributed by atoms with Gasteiger partial charge in [-0.1, -0.05) is 44.4 Å². The zero-order valence-electron chi connectivity index (χ0n) is 12.9. The van der Waals surface area contributed by atoms with Gasteiger partial charge in [-0.3, -0.25) is 4.90 Å². The predicted octanol–water partition coefficient (Wildman–Crippen LogP) is 4.12. The number of rotatable bonds is 5. The van der Waals surface area contributed by atoms with E-state index in [0.717, 1.165) is 25.1 Å². The number of anilines is 1. The van der Waals surface area contributed by atoms with Crippen LogP contribution in [-0.2, 0) is 6.42 Å². The van der Waals surface area contributed by atoms with Gasteiger partial charge in [-0.15, -0.1) is 0 Å². The number of carbonyl (C=O) groups is 1. The Morgan fingerprint density at radius 2 is 2.00 bits per heavy atom. The largest absolute Gasteiger partial charge is 0.338 e. The minimum absolute atomic E-state index is 0.0384. The zero-order chi connectivity index (χ0) is 14.6. The van der Waals surface area contributed by atoms with Crippen LogP contribution in [0.2, 0.25) is 0 Å². The first-order valence-electron chi connectivity index (χ1n) is 7.72. The van der Waals surface area contributed by atoms with Crippen LogP contribution in [0.1, 0.15) is 52.0 Å². The van der Waals surface area contributed by atoms with Crippen molar-refractivity contribution in [2.45, 2.75) is 58.4 Å². The molecule has 0 spiro atoms. The summed E-state index contributed by atoms with van der Waals surface area (Å²) in [7, 11) is 0. The molecule has 0 radical (unpaired) electrons. The second-order valence-electron chi connectivity index (χ2n) is 6.25. The van der Waals surface area contributed by atoms with E-state index in [2.05, 4.69) is 32.2 Å². The Hall–Kier alpha value is -1.51. The molecule has 0 atom stereocenters. The van der Waals surface area contributed by atoms with Gasteiger partial charge in [0.25, 0.3) is 0 Å². The van der Waals surface area contributed by atoms with Crippen molar-refractivity contribution in [3.63, 3.8) is 0 Å². The van der Waals surface area contributed by atoms with E-state index in [1.807, 2.05) is 23.1 Å². The standard InChI is InChI=1S/C17H26N2O/c1-4-5-6-9-12-18-16(20)19-15-11-8-7-10-14(15)13-17(19,2)3/h7-8,10-11H,4-6,9,12-13H2,1-3H3,(H,18,20). The highest BCUT2D eigenvalue weighted by atomic mass is 16.2. The van der Waals surface area contributed by atoms with E-state index in [-0.39, 0.29) is 11.6 Å². The molecular formula is C17H26N2O. The first kappa shape index (κ1) is 14.9. The molecule has 0 aromatic heterocycles. The summed E-state index contributed by atoms with van der Waals surface area (Å²) < 4.78 is 0. The monoisotopic (exact) mass is 274 g/mol. The van der Waals surface area contributed by atoms with Gasteiger partial charge >= 0.3 is 6.03 Å². The quantitative estimate of drug-likeness (QED) is 0.805. The van der Waals surface area contributed by atoms with Gasteiger partial charge in [-0.05, 0) is 38.3 Å². The lowest BCUT2D eigenvalue weighted by Crippen LogP contribution is -2.50. The summed E-state index contributed by atoms with van der Waals surface area (Å²) in [5.74, 6) is 0. The maximum Gasteiger partial charge on any atom is 0.322 e. The van der Waals surface area contributed by atoms with Gasteiger partial charge in [0, 0.05) is 17.8 Å². The Bertz CT molecular complexity index is 468. The smallest absolute Gasteiger partial charge is 0.322 e. The summed E-state index contributed by atoms with van der Waals surface area (Å²) in [4.78, 5) is 14.4. The SMILES string of the molecule is CCCCCCNC(=O)N1c2ccccc2CC1(C)C. The van der Waals surface area contributed by atoms with Gasteiger partial charge in [0.1, 0.15) is 0 Å². The fraction of sp³-hybridized carbons (Fsp3) is 0.588. The summed E-state index contributed by atoms with van der Waals surface area (Å²) in [6.07, 6.45) is 5.65. The Morgan fingerprint density at radius 1 is 1.25 bits per heavy atom. The summed E-state index contributed by atoms with van der Waals surface area (Å²) >= 11 is 0. The summed E-state index contributed by atoms with van der Waals surface area (Å²) in [5.41, 5.74) is 2.18. The maximum absolute atomic E-state index is 12.5. The predicted molar refractivity (Wildman–Crippen MR) is 84.2 cm³/mol. The van der Waals surface area contributed by atoms with Crippen LogP contribution in [0.3, 0.4) is 0 Å². The van der Waals surface area contributed by atoms with E-state index in [9.17, 15) is 4.79 Å². The van der Waals surface area contributed by atoms with E-state index >= 15 is 0 Å². The molecule has 0 saturated carbocycles. The van der Waals surface area contributed by atoms with Crippen molar-refractivity contribution in [2.75, 3.05) is 11.4 Å². The molecule has 1 aromatic carbocycles. The molecule has 1 aliphatic rings. The highest BCUT2D eigenvalue weighted by Gasteiger charge is 2.39. The topological polar surface area (TPSA) is 32.3 Å². The van der Waals surface area contributed by atoms with Gasteiger partial charge in [-0.25, -0.2) is 4.79 Å². The number of hydrogen-bond acceptors (Lipinski definition) is 1. The molecule has 0 saturated heterocycles. The van der Waals surface area contributed by atoms with Crippen molar-refractivity contribution in [1.82, 2.24) is 5.32 Å². The number of carbonyl (C=O) groups excluding carboxylic acids is 1. The lowest BCUT2D eigenvalue weighted by atomic mass is 10.00. The molecule has 3 heteroatoms. The fourth-order valence-electron chi connectivity index (χ4n) is 2.96. The van der Waals surface area contributed by atoms with Crippen molar-refractivity contribution in [2.24, 2.45) is 0 Å². The highest BCUT2D eigenvalue weighted by molar-refractivity contribution is 5.95. The van der Waals surface area contributed by atoms with Crippen molar-refractivity contribution in [1.29, 1.82) is 0 Å². The number of nitrogens with zero attached hydrogens (tertiary/aromatic N) is 1. The number of nitrogens with one attached hydrogen (secondary N) is 1. The van der Waals surface area contributed by atoms with Crippen LogP contribution in [0.5, 0.6) is 0 Å². The van der Waals surface area contributed by atoms with Crippen LogP contribution in [-0.4, -0.2) is 18.1 Å². The normalized spacial score (nSPS) is 16.1. The molecule has 20 heavy (non-hydrogen) atoms. The van der Waals surface area contributed by atoms with E-state index in [0.29, 0.717) is 0 Å². The van der Waals surface area contributed by atoms with E-state index in [4.69, 9.17) is 0 Å². The Morgan fingerprint density at radius 3 is 2.75 bits per heavy atom. The molecule has 3 nitrogen and oxygen atoms in total. The number of benzene rings is 1. The van der Waals surface area contributed by atoms with Crippen LogP contribution in [0, 0.1) is 0 Å². The number of para-hydroxylation sites is 1. The van der Waals surface area contributed by atoms with Gasteiger partial charge in [0.05, 0.1) is 0 Å². The Balaban J connectivity index is 1.98. The van der Waals surface area contributed by atoms with Crippen LogP contribution in [0.15, 0.2) is 24.3 Å². The Labute approximate surface area is 122 Å². The molecule has 0 fully saturated rings. The van der Waals surface area contributed by atoms with Crippen LogP contribution < -0.4 is 10.2 Å². The van der Waals surface area contributed by atoms with E-state index in [1.165, 1.54) is 24.8 Å². The third-order valence-corrected chi connectivity index (χ3v) is 3.97. The van der Waals surface area contributed by atoms with Gasteiger partial charge in [0.15, 0.2) is 0 Å². The number of fused-ring (bicyclic) bond motifs is 1. The third kappa shape index (κ3) is 3.14. The van der Waals surface area contributed by atoms with Crippen LogP contribution >= 0.6 is 0 Å². The average molecular weight is 274 g/mol. The van der Waals surface area contributed by atoms with Crippen molar-refractivity contribution < 1.29 is 4.79 Å². The Kier molecular flexibility index (Phi) is 4.69. The lowest BCUT2D eigenvalue weighted by Gasteiger charge is -2.32. The average Bonchev–Trinajstić information content (AvgIpc) is 2.68. The van der Waals surface area contributed by atoms with Gasteiger partial charge < -0.3 is 5.32 Å². The van der Waals surface area contributed by atoms with E-state index < -0.39 is 0 Å². The molecular weight excluding hydrogens is 248 g/mol. The first-order chi connectivity index (χ1) is 9.56. The molecule has 1 aliphatic heterocycles. The number of urea groups is 1. The molecule has 1 N–H and O–H groups in total. The summed E-state index contributed by atoms with van der Waals surface area (Å²) in [6.45, 7) is 7.23. The van der Waals surface area contributed by atoms with Gasteiger partial charge in [0.2, 0.25) is 0 Å². The number of unbranched alkanes of at least 4 members (excludes halogenated alkanes) is 3. The zero-order valence-corrected chi connectivity index (χ0v) is 12.9. The van der Waals surface area contributed by atoms with Crippen LogP contribution in [0.4, 0.5) is 10.5 Å².